The second kappa shape index (κ2) is 8.47. The average Bonchev–Trinajstić information content (AvgIpc) is 2.39. The summed E-state index contributed by atoms with van der Waals surface area (Å²) in [5.74, 6) is -0.0728. The molecular weight excluding hydrogens is 232 g/mol. The maximum atomic E-state index is 11.6. The van der Waals surface area contributed by atoms with Crippen LogP contribution in [0.5, 0.6) is 5.88 Å². The number of esters is 1. The zero-order chi connectivity index (χ0) is 13.2. The van der Waals surface area contributed by atoms with Crippen molar-refractivity contribution in [3.8, 4) is 5.88 Å². The number of carbonyl (C=O) groups is 1. The Balaban J connectivity index is 2.51. The summed E-state index contributed by atoms with van der Waals surface area (Å²) in [5.41, 5.74) is 0.370. The van der Waals surface area contributed by atoms with Gasteiger partial charge in [-0.05, 0) is 32.0 Å². The highest BCUT2D eigenvalue weighted by atomic mass is 16.5. The lowest BCUT2D eigenvalue weighted by Gasteiger charge is -2.09. The van der Waals surface area contributed by atoms with Crippen molar-refractivity contribution in [3.05, 3.63) is 23.9 Å². The lowest BCUT2D eigenvalue weighted by molar-refractivity contribution is 0.0520. The van der Waals surface area contributed by atoms with Crippen LogP contribution in [0.15, 0.2) is 18.3 Å². The number of ether oxygens (including phenoxy) is 2. The molecule has 0 radical (unpaired) electrons. The predicted molar refractivity (Wildman–Crippen MR) is 68.8 cm³/mol. The Bertz CT molecular complexity index is 369. The lowest BCUT2D eigenvalue weighted by atomic mass is 10.3. The summed E-state index contributed by atoms with van der Waals surface area (Å²) in [6, 6.07) is 3.34. The monoisotopic (exact) mass is 252 g/mol. The van der Waals surface area contributed by atoms with Gasteiger partial charge in [0, 0.05) is 12.7 Å². The first-order valence-electron chi connectivity index (χ1n) is 6.25. The van der Waals surface area contributed by atoms with Crippen molar-refractivity contribution in [2.45, 2.75) is 20.3 Å². The van der Waals surface area contributed by atoms with Crippen molar-refractivity contribution >= 4 is 5.97 Å². The van der Waals surface area contributed by atoms with Crippen LogP contribution in [-0.2, 0) is 4.74 Å². The van der Waals surface area contributed by atoms with Gasteiger partial charge in [-0.1, -0.05) is 6.92 Å². The van der Waals surface area contributed by atoms with Gasteiger partial charge in [0.1, 0.15) is 12.2 Å². The van der Waals surface area contributed by atoms with E-state index in [4.69, 9.17) is 9.47 Å². The second-order valence-electron chi connectivity index (χ2n) is 3.68. The van der Waals surface area contributed by atoms with E-state index in [2.05, 4.69) is 17.2 Å². The van der Waals surface area contributed by atoms with Crippen molar-refractivity contribution in [3.63, 3.8) is 0 Å². The van der Waals surface area contributed by atoms with E-state index < -0.39 is 5.97 Å². The van der Waals surface area contributed by atoms with E-state index in [-0.39, 0.29) is 0 Å². The Kier molecular flexibility index (Phi) is 6.79. The standard InChI is InChI=1S/C13H20N2O3/c1-3-7-14-9-10-18-12-11(6-5-8-15-12)13(16)17-4-2/h5-6,8,14H,3-4,7,9-10H2,1-2H3. The number of nitrogens with one attached hydrogen (secondary N) is 1. The minimum Gasteiger partial charge on any atom is -0.476 e. The summed E-state index contributed by atoms with van der Waals surface area (Å²) in [4.78, 5) is 15.7. The van der Waals surface area contributed by atoms with Crippen LogP contribution < -0.4 is 10.1 Å². The molecule has 1 aromatic rings. The zero-order valence-corrected chi connectivity index (χ0v) is 10.9. The molecule has 5 heteroatoms. The third-order valence-electron chi connectivity index (χ3n) is 2.21. The Morgan fingerprint density at radius 1 is 1.39 bits per heavy atom. The Morgan fingerprint density at radius 2 is 2.22 bits per heavy atom. The molecule has 0 atom stereocenters. The molecule has 18 heavy (non-hydrogen) atoms. The van der Waals surface area contributed by atoms with E-state index in [0.717, 1.165) is 19.5 Å². The van der Waals surface area contributed by atoms with Gasteiger partial charge >= 0.3 is 5.97 Å². The molecule has 0 bridgehead atoms. The zero-order valence-electron chi connectivity index (χ0n) is 10.9. The van der Waals surface area contributed by atoms with Crippen molar-refractivity contribution < 1.29 is 14.3 Å². The van der Waals surface area contributed by atoms with Crippen LogP contribution in [0, 0.1) is 0 Å². The normalized spacial score (nSPS) is 10.1. The topological polar surface area (TPSA) is 60.5 Å². The molecule has 0 aliphatic heterocycles. The van der Waals surface area contributed by atoms with E-state index >= 15 is 0 Å². The Labute approximate surface area is 108 Å². The summed E-state index contributed by atoms with van der Waals surface area (Å²) >= 11 is 0. The van der Waals surface area contributed by atoms with Gasteiger partial charge < -0.3 is 14.8 Å². The maximum absolute atomic E-state index is 11.6. The second-order valence-corrected chi connectivity index (χ2v) is 3.68. The van der Waals surface area contributed by atoms with Gasteiger partial charge in [0.2, 0.25) is 5.88 Å². The minimum absolute atomic E-state index is 0.328. The lowest BCUT2D eigenvalue weighted by Crippen LogP contribution is -2.22. The highest BCUT2D eigenvalue weighted by Gasteiger charge is 2.13. The molecular formula is C13H20N2O3. The van der Waals surface area contributed by atoms with Crippen molar-refractivity contribution in [2.24, 2.45) is 0 Å². The van der Waals surface area contributed by atoms with Crippen LogP contribution in [0.4, 0.5) is 0 Å². The summed E-state index contributed by atoms with van der Waals surface area (Å²) in [5, 5.41) is 3.21. The highest BCUT2D eigenvalue weighted by molar-refractivity contribution is 5.91. The van der Waals surface area contributed by atoms with Crippen LogP contribution in [0.2, 0.25) is 0 Å². The largest absolute Gasteiger partial charge is 0.476 e. The van der Waals surface area contributed by atoms with Crippen molar-refractivity contribution in [1.82, 2.24) is 10.3 Å². The molecule has 1 N–H and O–H groups in total. The van der Waals surface area contributed by atoms with Gasteiger partial charge in [0.15, 0.2) is 0 Å². The minimum atomic E-state index is -0.401. The summed E-state index contributed by atoms with van der Waals surface area (Å²) in [6.07, 6.45) is 2.68. The molecule has 1 heterocycles. The van der Waals surface area contributed by atoms with Crippen LogP contribution in [0.3, 0.4) is 0 Å². The molecule has 0 fully saturated rings. The SMILES string of the molecule is CCCNCCOc1ncccc1C(=O)OCC. The molecule has 5 nitrogen and oxygen atoms in total. The number of pyridine rings is 1. The van der Waals surface area contributed by atoms with E-state index in [1.54, 1.807) is 25.3 Å². The molecule has 0 saturated heterocycles. The van der Waals surface area contributed by atoms with Crippen molar-refractivity contribution in [1.29, 1.82) is 0 Å². The molecule has 100 valence electrons. The van der Waals surface area contributed by atoms with Crippen LogP contribution in [-0.4, -0.2) is 37.3 Å². The molecule has 0 unspecified atom stereocenters. The van der Waals surface area contributed by atoms with E-state index in [1.165, 1.54) is 0 Å². The molecule has 1 aromatic heterocycles. The first-order valence-corrected chi connectivity index (χ1v) is 6.25. The predicted octanol–water partition coefficient (Wildman–Crippen LogP) is 1.64. The van der Waals surface area contributed by atoms with Gasteiger partial charge in [-0.25, -0.2) is 9.78 Å². The van der Waals surface area contributed by atoms with Gasteiger partial charge in [0.05, 0.1) is 6.61 Å². The van der Waals surface area contributed by atoms with Gasteiger partial charge in [-0.3, -0.25) is 0 Å². The number of hydrogen-bond acceptors (Lipinski definition) is 5. The third-order valence-corrected chi connectivity index (χ3v) is 2.21. The average molecular weight is 252 g/mol. The molecule has 0 amide bonds. The molecule has 0 aromatic carbocycles. The summed E-state index contributed by atoms with van der Waals surface area (Å²) in [7, 11) is 0. The van der Waals surface area contributed by atoms with Gasteiger partial charge in [0.25, 0.3) is 0 Å². The van der Waals surface area contributed by atoms with Gasteiger partial charge in [-0.2, -0.15) is 0 Å². The Morgan fingerprint density at radius 3 is 2.94 bits per heavy atom. The van der Waals surface area contributed by atoms with Crippen LogP contribution >= 0.6 is 0 Å². The van der Waals surface area contributed by atoms with E-state index in [0.29, 0.717) is 24.7 Å². The highest BCUT2D eigenvalue weighted by Crippen LogP contribution is 2.15. The van der Waals surface area contributed by atoms with Crippen LogP contribution in [0.1, 0.15) is 30.6 Å². The fourth-order valence-corrected chi connectivity index (χ4v) is 1.39. The third kappa shape index (κ3) is 4.71. The number of hydrogen-bond donors (Lipinski definition) is 1. The number of nitrogens with zero attached hydrogens (tertiary/aromatic N) is 1. The quantitative estimate of drug-likeness (QED) is 0.563. The van der Waals surface area contributed by atoms with E-state index in [1.807, 2.05) is 0 Å². The summed E-state index contributed by atoms with van der Waals surface area (Å²) in [6.45, 7) is 6.37. The van der Waals surface area contributed by atoms with Gasteiger partial charge in [-0.15, -0.1) is 0 Å². The van der Waals surface area contributed by atoms with Crippen molar-refractivity contribution in [2.75, 3.05) is 26.3 Å². The number of aromatic nitrogens is 1. The molecule has 0 spiro atoms. The molecule has 1 rings (SSSR count). The first kappa shape index (κ1) is 14.4. The van der Waals surface area contributed by atoms with E-state index in [9.17, 15) is 4.79 Å². The fourth-order valence-electron chi connectivity index (χ4n) is 1.39. The number of carbonyl (C=O) groups excluding carboxylic acids is 1. The Hall–Kier alpha value is -1.62. The smallest absolute Gasteiger partial charge is 0.343 e. The summed E-state index contributed by atoms with van der Waals surface area (Å²) < 4.78 is 10.4. The molecule has 0 aliphatic rings. The maximum Gasteiger partial charge on any atom is 0.343 e. The molecule has 0 aliphatic carbocycles. The fraction of sp³-hybridized carbons (Fsp3) is 0.538. The molecule has 0 saturated carbocycles. The first-order chi connectivity index (χ1) is 8.79. The van der Waals surface area contributed by atoms with Crippen LogP contribution in [0.25, 0.3) is 0 Å². The number of rotatable bonds is 8.